The molecule has 3 heterocycles. The van der Waals surface area contributed by atoms with Crippen molar-refractivity contribution in [3.63, 3.8) is 0 Å². The van der Waals surface area contributed by atoms with E-state index in [0.29, 0.717) is 24.8 Å². The maximum absolute atomic E-state index is 12.1. The Hall–Kier alpha value is -1.98. The number of nitrogens with zero attached hydrogens (tertiary/aromatic N) is 5. The summed E-state index contributed by atoms with van der Waals surface area (Å²) in [7, 11) is -0.130. The minimum atomic E-state index is -3.62. The molecule has 0 unspecified atom stereocenters. The fourth-order valence-corrected chi connectivity index (χ4v) is 3.99. The Morgan fingerprint density at radius 1 is 1.23 bits per heavy atom. The van der Waals surface area contributed by atoms with Crippen molar-refractivity contribution in [3.8, 4) is 0 Å². The predicted molar refractivity (Wildman–Crippen MR) is 98.0 cm³/mol. The predicted octanol–water partition coefficient (Wildman–Crippen LogP) is -0.122. The molecule has 10 nitrogen and oxygen atoms in total. The summed E-state index contributed by atoms with van der Waals surface area (Å²) < 4.78 is 24.2. The maximum atomic E-state index is 12.1. The molecule has 0 bridgehead atoms. The number of carbonyl (C=O) groups is 1. The third kappa shape index (κ3) is 4.05. The van der Waals surface area contributed by atoms with Crippen molar-refractivity contribution in [2.75, 3.05) is 43.5 Å². The number of aromatic nitrogens is 2. The molecule has 1 aromatic heterocycles. The van der Waals surface area contributed by atoms with E-state index in [-0.39, 0.29) is 6.03 Å². The Bertz CT molecular complexity index is 777. The lowest BCUT2D eigenvalue weighted by Gasteiger charge is -2.37. The summed E-state index contributed by atoms with van der Waals surface area (Å²) in [4.78, 5) is 26.3. The number of nitrogens with one attached hydrogen (secondary N) is 1. The van der Waals surface area contributed by atoms with Gasteiger partial charge in [-0.2, -0.15) is 8.42 Å². The molecule has 0 aromatic carbocycles. The van der Waals surface area contributed by atoms with Crippen LogP contribution in [-0.2, 0) is 16.8 Å². The highest BCUT2D eigenvalue weighted by Crippen LogP contribution is 2.33. The van der Waals surface area contributed by atoms with Crippen LogP contribution in [0.5, 0.6) is 0 Å². The number of nitrogens with two attached hydrogens (primary N) is 1. The molecule has 2 amide bonds. The summed E-state index contributed by atoms with van der Waals surface area (Å²) in [5.41, 5.74) is 0.964. The molecular formula is C15H25N7O3S. The third-order valence-corrected chi connectivity index (χ3v) is 5.60. The number of fused-ring (bicyclic) bond motifs is 1. The highest BCUT2D eigenvalue weighted by Gasteiger charge is 2.31. The molecule has 1 fully saturated rings. The highest BCUT2D eigenvalue weighted by molar-refractivity contribution is 7.87. The molecule has 0 radical (unpaired) electrons. The van der Waals surface area contributed by atoms with E-state index in [0.717, 1.165) is 43.7 Å². The number of hydrogen-bond donors (Lipinski definition) is 2. The minimum absolute atomic E-state index is 0.0804. The first-order valence-electron chi connectivity index (χ1n) is 8.61. The first-order valence-corrected chi connectivity index (χ1v) is 10.2. The second-order valence-corrected chi connectivity index (χ2v) is 8.23. The number of hydrogen-bond acceptors (Lipinski definition) is 6. The number of urea groups is 1. The molecule has 11 heteroatoms. The van der Waals surface area contributed by atoms with Crippen LogP contribution in [0.15, 0.2) is 6.33 Å². The van der Waals surface area contributed by atoms with Crippen LogP contribution in [0, 0.1) is 5.92 Å². The molecule has 0 atom stereocenters. The standard InChI is InChI=1S/C15H25N7O3S/c1-20-9-12-13(21(2)15(20)23)17-10-18-14(12)22-7-4-11(5-8-22)3-6-19-26(16,24)25/h10-11,19H,3-9H2,1-2H3,(H2,16,24,25). The lowest BCUT2D eigenvalue weighted by Crippen LogP contribution is -2.45. The Morgan fingerprint density at radius 2 is 1.88 bits per heavy atom. The zero-order valence-corrected chi connectivity index (χ0v) is 15.9. The van der Waals surface area contributed by atoms with Crippen LogP contribution in [0.3, 0.4) is 0 Å². The lowest BCUT2D eigenvalue weighted by molar-refractivity contribution is 0.211. The minimum Gasteiger partial charge on any atom is -0.356 e. The van der Waals surface area contributed by atoms with Crippen LogP contribution in [0.4, 0.5) is 16.4 Å². The molecule has 26 heavy (non-hydrogen) atoms. The third-order valence-electron chi connectivity index (χ3n) is 5.00. The maximum Gasteiger partial charge on any atom is 0.325 e. The average molecular weight is 383 g/mol. The summed E-state index contributed by atoms with van der Waals surface area (Å²) in [6.45, 7) is 2.53. The fraction of sp³-hybridized carbons (Fsp3) is 0.667. The Balaban J connectivity index is 1.65. The van der Waals surface area contributed by atoms with E-state index in [9.17, 15) is 13.2 Å². The Kier molecular flexibility index (Phi) is 5.30. The lowest BCUT2D eigenvalue weighted by atomic mass is 9.93. The van der Waals surface area contributed by atoms with Gasteiger partial charge in [-0.3, -0.25) is 4.90 Å². The van der Waals surface area contributed by atoms with Gasteiger partial charge in [0.25, 0.3) is 10.2 Å². The summed E-state index contributed by atoms with van der Waals surface area (Å²) in [5.74, 6) is 1.99. The van der Waals surface area contributed by atoms with Crippen LogP contribution >= 0.6 is 0 Å². The monoisotopic (exact) mass is 383 g/mol. The van der Waals surface area contributed by atoms with Gasteiger partial charge in [-0.25, -0.2) is 24.6 Å². The number of carbonyl (C=O) groups excluding carboxylic acids is 1. The van der Waals surface area contributed by atoms with Crippen LogP contribution in [0.2, 0.25) is 0 Å². The number of amides is 2. The van der Waals surface area contributed by atoms with Crippen molar-refractivity contribution < 1.29 is 13.2 Å². The van der Waals surface area contributed by atoms with E-state index in [1.165, 1.54) is 6.33 Å². The van der Waals surface area contributed by atoms with Gasteiger partial charge >= 0.3 is 6.03 Å². The summed E-state index contributed by atoms with van der Waals surface area (Å²) in [5, 5.41) is 4.95. The molecular weight excluding hydrogens is 358 g/mol. The molecule has 0 saturated carbocycles. The van der Waals surface area contributed by atoms with Gasteiger partial charge < -0.3 is 9.80 Å². The molecule has 0 aliphatic carbocycles. The van der Waals surface area contributed by atoms with E-state index < -0.39 is 10.2 Å². The molecule has 3 rings (SSSR count). The smallest absolute Gasteiger partial charge is 0.325 e. The normalized spacial score (nSPS) is 19.0. The van der Waals surface area contributed by atoms with Crippen molar-refractivity contribution in [1.82, 2.24) is 19.6 Å². The molecule has 1 saturated heterocycles. The van der Waals surface area contributed by atoms with Gasteiger partial charge in [0.2, 0.25) is 0 Å². The number of rotatable bonds is 5. The van der Waals surface area contributed by atoms with E-state index in [1.807, 2.05) is 0 Å². The average Bonchev–Trinajstić information content (AvgIpc) is 2.59. The Morgan fingerprint density at radius 3 is 2.54 bits per heavy atom. The zero-order chi connectivity index (χ0) is 18.9. The van der Waals surface area contributed by atoms with Gasteiger partial charge in [0.05, 0.1) is 12.1 Å². The van der Waals surface area contributed by atoms with Gasteiger partial charge in [-0.1, -0.05) is 0 Å². The largest absolute Gasteiger partial charge is 0.356 e. The first-order chi connectivity index (χ1) is 12.3. The SMILES string of the molecule is CN1Cc2c(N3CCC(CCNS(N)(=O)=O)CC3)ncnc2N(C)C1=O. The van der Waals surface area contributed by atoms with Crippen molar-refractivity contribution in [2.45, 2.75) is 25.8 Å². The first kappa shape index (κ1) is 18.8. The Labute approximate surface area is 153 Å². The molecule has 3 N–H and O–H groups in total. The van der Waals surface area contributed by atoms with E-state index in [4.69, 9.17) is 5.14 Å². The van der Waals surface area contributed by atoms with Crippen LogP contribution in [-0.4, -0.2) is 63.0 Å². The summed E-state index contributed by atoms with van der Waals surface area (Å²) in [6, 6.07) is -0.0804. The molecule has 144 valence electrons. The fourth-order valence-electron chi connectivity index (χ4n) is 3.59. The second kappa shape index (κ2) is 7.33. The van der Waals surface area contributed by atoms with Gasteiger partial charge in [-0.15, -0.1) is 0 Å². The molecule has 2 aliphatic heterocycles. The number of piperidine rings is 1. The van der Waals surface area contributed by atoms with Gasteiger partial charge in [0.1, 0.15) is 18.0 Å². The van der Waals surface area contributed by atoms with Crippen molar-refractivity contribution >= 4 is 27.9 Å². The van der Waals surface area contributed by atoms with Crippen LogP contribution in [0.25, 0.3) is 0 Å². The van der Waals surface area contributed by atoms with Crippen LogP contribution < -0.4 is 19.7 Å². The molecule has 2 aliphatic rings. The second-order valence-electron chi connectivity index (χ2n) is 6.86. The van der Waals surface area contributed by atoms with Gasteiger partial charge in [-0.05, 0) is 25.2 Å². The molecule has 0 spiro atoms. The van der Waals surface area contributed by atoms with Crippen molar-refractivity contribution in [1.29, 1.82) is 0 Å². The highest BCUT2D eigenvalue weighted by atomic mass is 32.2. The molecule has 1 aromatic rings. The number of anilines is 2. The van der Waals surface area contributed by atoms with Crippen LogP contribution in [0.1, 0.15) is 24.8 Å². The van der Waals surface area contributed by atoms with Crippen molar-refractivity contribution in [2.24, 2.45) is 11.1 Å². The topological polar surface area (TPSA) is 125 Å². The van der Waals surface area contributed by atoms with E-state index in [1.54, 1.807) is 23.9 Å². The summed E-state index contributed by atoms with van der Waals surface area (Å²) in [6.07, 6.45) is 4.18. The zero-order valence-electron chi connectivity index (χ0n) is 15.1. The summed E-state index contributed by atoms with van der Waals surface area (Å²) >= 11 is 0. The van der Waals surface area contributed by atoms with Gasteiger partial charge in [0, 0.05) is 33.7 Å². The van der Waals surface area contributed by atoms with E-state index >= 15 is 0 Å². The van der Waals surface area contributed by atoms with Crippen molar-refractivity contribution in [3.05, 3.63) is 11.9 Å². The van der Waals surface area contributed by atoms with E-state index in [2.05, 4.69) is 19.6 Å². The van der Waals surface area contributed by atoms with Gasteiger partial charge in [0.15, 0.2) is 0 Å². The quantitative estimate of drug-likeness (QED) is 0.730.